The van der Waals surface area contributed by atoms with Crippen molar-refractivity contribution in [3.8, 4) is 0 Å². The van der Waals surface area contributed by atoms with Gasteiger partial charge in [0, 0.05) is 19.6 Å². The van der Waals surface area contributed by atoms with Gasteiger partial charge in [-0.15, -0.1) is 0 Å². The molecule has 1 N–H and O–H groups in total. The minimum Gasteiger partial charge on any atom is -0.207 e. The van der Waals surface area contributed by atoms with Crippen molar-refractivity contribution >= 4 is 20.0 Å². The van der Waals surface area contributed by atoms with Crippen LogP contribution in [0.3, 0.4) is 0 Å². The van der Waals surface area contributed by atoms with Gasteiger partial charge in [0.1, 0.15) is 0 Å². The summed E-state index contributed by atoms with van der Waals surface area (Å²) < 4.78 is 54.1. The number of sulfonamides is 2. The van der Waals surface area contributed by atoms with Crippen LogP contribution in [-0.2, 0) is 26.5 Å². The molecule has 0 aromatic heterocycles. The summed E-state index contributed by atoms with van der Waals surface area (Å²) >= 11 is 0. The lowest BCUT2D eigenvalue weighted by atomic mass is 9.84. The zero-order chi connectivity index (χ0) is 17.6. The molecule has 0 amide bonds. The molecule has 1 saturated carbocycles. The van der Waals surface area contributed by atoms with Gasteiger partial charge in [0.15, 0.2) is 0 Å². The van der Waals surface area contributed by atoms with Gasteiger partial charge < -0.3 is 0 Å². The van der Waals surface area contributed by atoms with E-state index in [9.17, 15) is 16.8 Å². The Labute approximate surface area is 144 Å². The van der Waals surface area contributed by atoms with E-state index in [2.05, 4.69) is 4.72 Å². The fraction of sp³-hybridized carbons (Fsp3) is 0.625. The predicted molar refractivity (Wildman–Crippen MR) is 91.8 cm³/mol. The van der Waals surface area contributed by atoms with E-state index in [4.69, 9.17) is 0 Å². The molecular weight excluding hydrogens is 348 g/mol. The van der Waals surface area contributed by atoms with Crippen molar-refractivity contribution in [1.82, 2.24) is 9.03 Å². The lowest BCUT2D eigenvalue weighted by molar-refractivity contribution is 0.320. The highest BCUT2D eigenvalue weighted by molar-refractivity contribution is 7.90. The van der Waals surface area contributed by atoms with Crippen molar-refractivity contribution in [2.75, 3.05) is 14.1 Å². The second-order valence-corrected chi connectivity index (χ2v) is 10.8. The fourth-order valence-corrected chi connectivity index (χ4v) is 6.45. The summed E-state index contributed by atoms with van der Waals surface area (Å²) in [4.78, 5) is 0.105. The van der Waals surface area contributed by atoms with E-state index in [1.165, 1.54) is 26.2 Å². The van der Waals surface area contributed by atoms with Gasteiger partial charge >= 0.3 is 0 Å². The average Bonchev–Trinajstić information content (AvgIpc) is 2.71. The van der Waals surface area contributed by atoms with Crippen LogP contribution in [-0.4, -0.2) is 40.8 Å². The first kappa shape index (κ1) is 17.8. The molecular formula is C16H24N2O4S2. The lowest BCUT2D eigenvalue weighted by Crippen LogP contribution is -2.53. The number of rotatable bonds is 2. The second-order valence-electron chi connectivity index (χ2n) is 7.03. The Morgan fingerprint density at radius 1 is 1.08 bits per heavy atom. The smallest absolute Gasteiger partial charge is 0.207 e. The van der Waals surface area contributed by atoms with E-state index in [-0.39, 0.29) is 9.79 Å². The van der Waals surface area contributed by atoms with Crippen LogP contribution in [0.4, 0.5) is 0 Å². The highest BCUT2D eigenvalue weighted by Crippen LogP contribution is 2.37. The van der Waals surface area contributed by atoms with Crippen LogP contribution in [0.2, 0.25) is 0 Å². The van der Waals surface area contributed by atoms with Gasteiger partial charge in [0.25, 0.3) is 0 Å². The summed E-state index contributed by atoms with van der Waals surface area (Å²) in [5, 5.41) is 0. The highest BCUT2D eigenvalue weighted by atomic mass is 32.2. The van der Waals surface area contributed by atoms with Crippen LogP contribution in [0.25, 0.3) is 0 Å². The van der Waals surface area contributed by atoms with Gasteiger partial charge in [-0.3, -0.25) is 0 Å². The summed E-state index contributed by atoms with van der Waals surface area (Å²) in [7, 11) is -4.50. The summed E-state index contributed by atoms with van der Waals surface area (Å²) in [6.45, 7) is 0. The monoisotopic (exact) mass is 372 g/mol. The van der Waals surface area contributed by atoms with E-state index in [0.29, 0.717) is 12.0 Å². The number of fused-ring (bicyclic) bond motifs is 1. The van der Waals surface area contributed by atoms with Crippen molar-refractivity contribution in [3.05, 3.63) is 23.8 Å². The largest absolute Gasteiger partial charge is 0.242 e. The van der Waals surface area contributed by atoms with E-state index >= 15 is 0 Å². The third kappa shape index (κ3) is 3.12. The van der Waals surface area contributed by atoms with Gasteiger partial charge in [-0.25, -0.2) is 25.9 Å². The van der Waals surface area contributed by atoms with Crippen LogP contribution < -0.4 is 4.72 Å². The molecule has 6 nitrogen and oxygen atoms in total. The SMILES string of the molecule is CN(C)S(=O)(=O)c1ccc2c(c1)S(=O)(=O)NC1(CCCCCC1)C2. The lowest BCUT2D eigenvalue weighted by Gasteiger charge is -2.38. The standard InChI is InChI=1S/C16H24N2O4S2/c1-18(2)24(21,22)14-8-7-13-12-16(9-5-3-4-6-10-16)17-23(19,20)15(13)11-14/h7-8,11,17H,3-6,9-10,12H2,1-2H3. The molecule has 1 aromatic rings. The quantitative estimate of drug-likeness (QED) is 0.859. The van der Waals surface area contributed by atoms with Crippen molar-refractivity contribution in [2.24, 2.45) is 0 Å². The molecule has 1 aromatic carbocycles. The maximum atomic E-state index is 12.8. The van der Waals surface area contributed by atoms with Gasteiger partial charge in [0.2, 0.25) is 20.0 Å². The Morgan fingerprint density at radius 2 is 1.71 bits per heavy atom. The van der Waals surface area contributed by atoms with Crippen molar-refractivity contribution in [3.63, 3.8) is 0 Å². The number of benzene rings is 1. The molecule has 1 aliphatic heterocycles. The number of nitrogens with zero attached hydrogens (tertiary/aromatic N) is 1. The number of nitrogens with one attached hydrogen (secondary N) is 1. The molecule has 2 aliphatic rings. The van der Waals surface area contributed by atoms with Crippen molar-refractivity contribution in [1.29, 1.82) is 0 Å². The molecule has 1 heterocycles. The topological polar surface area (TPSA) is 83.6 Å². The molecule has 0 unspecified atom stereocenters. The molecule has 1 aliphatic carbocycles. The van der Waals surface area contributed by atoms with E-state index in [1.54, 1.807) is 6.07 Å². The number of hydrogen-bond acceptors (Lipinski definition) is 4. The molecule has 1 spiro atoms. The Bertz CT molecular complexity index is 837. The summed E-state index contributed by atoms with van der Waals surface area (Å²) in [6, 6.07) is 4.46. The molecule has 24 heavy (non-hydrogen) atoms. The summed E-state index contributed by atoms with van der Waals surface area (Å²) in [5.41, 5.74) is 0.304. The van der Waals surface area contributed by atoms with E-state index in [0.717, 1.165) is 42.8 Å². The molecule has 0 radical (unpaired) electrons. The van der Waals surface area contributed by atoms with Crippen LogP contribution in [0.5, 0.6) is 0 Å². The summed E-state index contributed by atoms with van der Waals surface area (Å²) in [6.07, 6.45) is 6.61. The molecule has 8 heteroatoms. The van der Waals surface area contributed by atoms with Crippen LogP contribution >= 0.6 is 0 Å². The Balaban J connectivity index is 2.06. The molecule has 134 valence electrons. The minimum atomic E-state index is -3.71. The maximum absolute atomic E-state index is 12.8. The third-order valence-electron chi connectivity index (χ3n) is 5.05. The maximum Gasteiger partial charge on any atom is 0.242 e. The predicted octanol–water partition coefficient (Wildman–Crippen LogP) is 1.86. The Morgan fingerprint density at radius 3 is 2.29 bits per heavy atom. The molecule has 3 rings (SSSR count). The third-order valence-corrected chi connectivity index (χ3v) is 8.52. The molecule has 0 bridgehead atoms. The first-order chi connectivity index (χ1) is 11.2. The van der Waals surface area contributed by atoms with E-state index in [1.807, 2.05) is 0 Å². The van der Waals surface area contributed by atoms with E-state index < -0.39 is 25.6 Å². The highest BCUT2D eigenvalue weighted by Gasteiger charge is 2.41. The second kappa shape index (κ2) is 6.09. The average molecular weight is 373 g/mol. The van der Waals surface area contributed by atoms with Gasteiger partial charge in [-0.05, 0) is 37.0 Å². The first-order valence-electron chi connectivity index (χ1n) is 8.26. The zero-order valence-electron chi connectivity index (χ0n) is 14.1. The molecule has 0 saturated heterocycles. The molecule has 1 fully saturated rings. The fourth-order valence-electron chi connectivity index (χ4n) is 3.73. The molecule has 0 atom stereocenters. The van der Waals surface area contributed by atoms with Gasteiger partial charge in [0.05, 0.1) is 9.79 Å². The minimum absolute atomic E-state index is 0.00782. The van der Waals surface area contributed by atoms with Gasteiger partial charge in [-0.2, -0.15) is 0 Å². The Hall–Kier alpha value is -0.960. The Kier molecular flexibility index (Phi) is 4.53. The van der Waals surface area contributed by atoms with Crippen molar-refractivity contribution < 1.29 is 16.8 Å². The van der Waals surface area contributed by atoms with Crippen LogP contribution in [0, 0.1) is 0 Å². The van der Waals surface area contributed by atoms with Crippen LogP contribution in [0.1, 0.15) is 44.1 Å². The van der Waals surface area contributed by atoms with Gasteiger partial charge in [-0.1, -0.05) is 31.7 Å². The number of hydrogen-bond donors (Lipinski definition) is 1. The van der Waals surface area contributed by atoms with Crippen LogP contribution in [0.15, 0.2) is 28.0 Å². The summed E-state index contributed by atoms with van der Waals surface area (Å²) in [5.74, 6) is 0. The first-order valence-corrected chi connectivity index (χ1v) is 11.2. The van der Waals surface area contributed by atoms with Crippen molar-refractivity contribution in [2.45, 2.75) is 60.3 Å². The zero-order valence-corrected chi connectivity index (χ0v) is 15.7. The normalized spacial score (nSPS) is 23.0.